The van der Waals surface area contributed by atoms with Gasteiger partial charge in [-0.2, -0.15) is 0 Å². The van der Waals surface area contributed by atoms with Crippen molar-refractivity contribution in [2.45, 2.75) is 45.6 Å². The highest BCUT2D eigenvalue weighted by molar-refractivity contribution is 5.63. The van der Waals surface area contributed by atoms with Crippen molar-refractivity contribution in [1.82, 2.24) is 0 Å². The minimum absolute atomic E-state index is 0.264. The van der Waals surface area contributed by atoms with Crippen LogP contribution in [0.15, 0.2) is 24.3 Å². The van der Waals surface area contributed by atoms with Crippen LogP contribution in [0.5, 0.6) is 0 Å². The molecule has 1 unspecified atom stereocenters. The van der Waals surface area contributed by atoms with E-state index in [1.807, 2.05) is 0 Å². The monoisotopic (exact) mass is 203 g/mol. The lowest BCUT2D eigenvalue weighted by Gasteiger charge is -2.37. The molecule has 0 fully saturated rings. The van der Waals surface area contributed by atoms with Gasteiger partial charge in [0.05, 0.1) is 0 Å². The predicted molar refractivity (Wildman–Crippen MR) is 66.6 cm³/mol. The summed E-state index contributed by atoms with van der Waals surface area (Å²) in [4.78, 5) is 2.56. The van der Waals surface area contributed by atoms with Crippen molar-refractivity contribution < 1.29 is 0 Å². The summed E-state index contributed by atoms with van der Waals surface area (Å²) in [5.74, 6) is 0.625. The Morgan fingerprint density at radius 3 is 2.60 bits per heavy atom. The lowest BCUT2D eigenvalue weighted by Crippen LogP contribution is -2.43. The molecule has 1 aliphatic heterocycles. The number of hydrogen-bond donors (Lipinski definition) is 0. The fraction of sp³-hybridized carbons (Fsp3) is 0.571. The first-order valence-corrected chi connectivity index (χ1v) is 5.95. The number of nitrogens with zero attached hydrogens (tertiary/aromatic N) is 1. The van der Waals surface area contributed by atoms with Gasteiger partial charge in [-0.15, -0.1) is 0 Å². The van der Waals surface area contributed by atoms with Gasteiger partial charge in [-0.25, -0.2) is 0 Å². The van der Waals surface area contributed by atoms with Crippen molar-refractivity contribution in [3.8, 4) is 0 Å². The minimum Gasteiger partial charge on any atom is -0.366 e. The van der Waals surface area contributed by atoms with Crippen molar-refractivity contribution in [3.05, 3.63) is 29.8 Å². The molecule has 1 aliphatic rings. The van der Waals surface area contributed by atoms with Gasteiger partial charge >= 0.3 is 0 Å². The second-order valence-corrected chi connectivity index (χ2v) is 5.09. The molecule has 1 heteroatoms. The van der Waals surface area contributed by atoms with Crippen LogP contribution >= 0.6 is 0 Å². The summed E-state index contributed by atoms with van der Waals surface area (Å²) in [5.41, 5.74) is 3.22. The van der Waals surface area contributed by atoms with Crippen molar-refractivity contribution in [1.29, 1.82) is 0 Å². The number of para-hydroxylation sites is 1. The second kappa shape index (κ2) is 3.55. The number of hydrogen-bond acceptors (Lipinski definition) is 1. The Bertz CT molecular complexity index is 354. The molecule has 0 bridgehead atoms. The molecule has 1 heterocycles. The largest absolute Gasteiger partial charge is 0.366 e. The molecule has 0 aromatic heterocycles. The van der Waals surface area contributed by atoms with Gasteiger partial charge in [0.2, 0.25) is 0 Å². The molecule has 1 atom stereocenters. The maximum absolute atomic E-state index is 2.56. The van der Waals surface area contributed by atoms with Crippen LogP contribution in [0.25, 0.3) is 0 Å². The van der Waals surface area contributed by atoms with Gasteiger partial charge in [-0.05, 0) is 31.9 Å². The molecule has 15 heavy (non-hydrogen) atoms. The summed E-state index contributed by atoms with van der Waals surface area (Å²) in [6.45, 7) is 10.5. The SMILES string of the molecule is CCCN1c2ccccc2C(C)C1(C)C. The zero-order valence-electron chi connectivity index (χ0n) is 10.2. The first-order valence-electron chi connectivity index (χ1n) is 5.95. The average molecular weight is 203 g/mol. The Kier molecular flexibility index (Phi) is 2.49. The maximum atomic E-state index is 2.56. The molecule has 0 aliphatic carbocycles. The smallest absolute Gasteiger partial charge is 0.0412 e. The third-order valence-electron chi connectivity index (χ3n) is 3.90. The predicted octanol–water partition coefficient (Wildman–Crippen LogP) is 3.80. The Balaban J connectivity index is 2.46. The zero-order valence-corrected chi connectivity index (χ0v) is 10.2. The molecule has 0 N–H and O–H groups in total. The summed E-state index contributed by atoms with van der Waals surface area (Å²) < 4.78 is 0. The quantitative estimate of drug-likeness (QED) is 0.706. The third-order valence-corrected chi connectivity index (χ3v) is 3.90. The molecular weight excluding hydrogens is 182 g/mol. The Hall–Kier alpha value is -0.980. The normalized spacial score (nSPS) is 22.9. The number of fused-ring (bicyclic) bond motifs is 1. The molecule has 0 saturated carbocycles. The van der Waals surface area contributed by atoms with Crippen LogP contribution in [0, 0.1) is 0 Å². The van der Waals surface area contributed by atoms with E-state index in [0.29, 0.717) is 5.92 Å². The molecule has 1 nitrogen and oxygen atoms in total. The molecule has 0 spiro atoms. The van der Waals surface area contributed by atoms with Gasteiger partial charge < -0.3 is 4.90 Å². The van der Waals surface area contributed by atoms with Crippen molar-refractivity contribution in [3.63, 3.8) is 0 Å². The summed E-state index contributed by atoms with van der Waals surface area (Å²) >= 11 is 0. The van der Waals surface area contributed by atoms with Gasteiger partial charge in [0.1, 0.15) is 0 Å². The summed E-state index contributed by atoms with van der Waals surface area (Å²) in [7, 11) is 0. The van der Waals surface area contributed by atoms with E-state index in [1.165, 1.54) is 17.7 Å². The number of benzene rings is 1. The zero-order chi connectivity index (χ0) is 11.1. The Morgan fingerprint density at radius 1 is 1.27 bits per heavy atom. The van der Waals surface area contributed by atoms with E-state index in [-0.39, 0.29) is 5.54 Å². The number of anilines is 1. The Labute approximate surface area is 93.1 Å². The van der Waals surface area contributed by atoms with Gasteiger partial charge in [0.25, 0.3) is 0 Å². The molecule has 0 saturated heterocycles. The summed E-state index contributed by atoms with van der Waals surface area (Å²) in [6.07, 6.45) is 1.21. The van der Waals surface area contributed by atoms with Gasteiger partial charge in [-0.3, -0.25) is 0 Å². The third kappa shape index (κ3) is 1.45. The van der Waals surface area contributed by atoms with Crippen LogP contribution in [-0.2, 0) is 0 Å². The second-order valence-electron chi connectivity index (χ2n) is 5.09. The molecule has 1 aromatic carbocycles. The van der Waals surface area contributed by atoms with E-state index in [0.717, 1.165) is 6.54 Å². The molecule has 2 rings (SSSR count). The van der Waals surface area contributed by atoms with Gasteiger partial charge in [0, 0.05) is 23.7 Å². The van der Waals surface area contributed by atoms with E-state index in [1.54, 1.807) is 0 Å². The molecule has 1 aromatic rings. The van der Waals surface area contributed by atoms with E-state index < -0.39 is 0 Å². The van der Waals surface area contributed by atoms with Crippen LogP contribution in [-0.4, -0.2) is 12.1 Å². The van der Waals surface area contributed by atoms with Crippen molar-refractivity contribution in [2.24, 2.45) is 0 Å². The first kappa shape index (κ1) is 10.5. The minimum atomic E-state index is 0.264. The van der Waals surface area contributed by atoms with Crippen molar-refractivity contribution >= 4 is 5.69 Å². The van der Waals surface area contributed by atoms with Gasteiger partial charge in [-0.1, -0.05) is 32.0 Å². The van der Waals surface area contributed by atoms with Crippen LogP contribution in [0.1, 0.15) is 45.6 Å². The van der Waals surface area contributed by atoms with E-state index >= 15 is 0 Å². The van der Waals surface area contributed by atoms with Crippen LogP contribution in [0.3, 0.4) is 0 Å². The standard InChI is InChI=1S/C14H21N/c1-5-10-15-13-9-7-6-8-12(13)11(2)14(15,3)4/h6-9,11H,5,10H2,1-4H3. The highest BCUT2D eigenvalue weighted by atomic mass is 15.2. The highest BCUT2D eigenvalue weighted by Gasteiger charge is 2.41. The lowest BCUT2D eigenvalue weighted by atomic mass is 9.87. The fourth-order valence-electron chi connectivity index (χ4n) is 2.66. The van der Waals surface area contributed by atoms with E-state index in [9.17, 15) is 0 Å². The highest BCUT2D eigenvalue weighted by Crippen LogP contribution is 2.46. The van der Waals surface area contributed by atoms with Crippen LogP contribution in [0.4, 0.5) is 5.69 Å². The lowest BCUT2D eigenvalue weighted by molar-refractivity contribution is 0.423. The van der Waals surface area contributed by atoms with Crippen LogP contribution in [0.2, 0.25) is 0 Å². The average Bonchev–Trinajstić information content (AvgIpc) is 2.41. The van der Waals surface area contributed by atoms with Crippen molar-refractivity contribution in [2.75, 3.05) is 11.4 Å². The molecule has 82 valence electrons. The Morgan fingerprint density at radius 2 is 1.93 bits per heavy atom. The summed E-state index contributed by atoms with van der Waals surface area (Å²) in [6, 6.07) is 8.84. The maximum Gasteiger partial charge on any atom is 0.0412 e. The van der Waals surface area contributed by atoms with E-state index in [2.05, 4.69) is 56.9 Å². The molecule has 0 radical (unpaired) electrons. The van der Waals surface area contributed by atoms with E-state index in [4.69, 9.17) is 0 Å². The fourth-order valence-corrected chi connectivity index (χ4v) is 2.66. The topological polar surface area (TPSA) is 3.24 Å². The summed E-state index contributed by atoms with van der Waals surface area (Å²) in [5, 5.41) is 0. The van der Waals surface area contributed by atoms with Gasteiger partial charge in [0.15, 0.2) is 0 Å². The molecular formula is C14H21N. The first-order chi connectivity index (χ1) is 7.09. The van der Waals surface area contributed by atoms with Crippen LogP contribution < -0.4 is 4.90 Å². The number of rotatable bonds is 2. The molecule has 0 amide bonds.